The van der Waals surface area contributed by atoms with Gasteiger partial charge in [-0.25, -0.2) is 15.0 Å². The SMILES string of the molecule is C[Si](C)(C)n1cnc2c(NC3CCCCC3)ncnc21. The highest BCUT2D eigenvalue weighted by Gasteiger charge is 2.22. The molecule has 2 aromatic heterocycles. The molecule has 0 radical (unpaired) electrons. The maximum Gasteiger partial charge on any atom is 0.157 e. The Balaban J connectivity index is 1.94. The van der Waals surface area contributed by atoms with Crippen molar-refractivity contribution in [1.82, 2.24) is 19.2 Å². The number of aromatic nitrogens is 4. The molecule has 0 saturated heterocycles. The zero-order chi connectivity index (χ0) is 14.2. The summed E-state index contributed by atoms with van der Waals surface area (Å²) in [7, 11) is -1.48. The van der Waals surface area contributed by atoms with E-state index in [0.717, 1.165) is 17.0 Å². The highest BCUT2D eigenvalue weighted by molar-refractivity contribution is 6.75. The number of hydrogen-bond donors (Lipinski definition) is 1. The van der Waals surface area contributed by atoms with Gasteiger partial charge in [0.05, 0.1) is 6.33 Å². The second-order valence-electron chi connectivity index (χ2n) is 6.66. The van der Waals surface area contributed by atoms with Gasteiger partial charge in [-0.15, -0.1) is 0 Å². The summed E-state index contributed by atoms with van der Waals surface area (Å²) < 4.78 is 2.25. The Morgan fingerprint density at radius 3 is 2.55 bits per heavy atom. The van der Waals surface area contributed by atoms with Crippen molar-refractivity contribution >= 4 is 25.2 Å². The van der Waals surface area contributed by atoms with Crippen molar-refractivity contribution in [1.29, 1.82) is 0 Å². The quantitative estimate of drug-likeness (QED) is 0.881. The first kappa shape index (κ1) is 13.5. The van der Waals surface area contributed by atoms with E-state index in [4.69, 9.17) is 0 Å². The maximum atomic E-state index is 4.56. The summed E-state index contributed by atoms with van der Waals surface area (Å²) in [5, 5.41) is 3.58. The number of fused-ring (bicyclic) bond motifs is 1. The molecule has 1 fully saturated rings. The number of nitrogens with one attached hydrogen (secondary N) is 1. The van der Waals surface area contributed by atoms with Gasteiger partial charge in [0, 0.05) is 6.04 Å². The summed E-state index contributed by atoms with van der Waals surface area (Å²) in [6.45, 7) is 6.89. The Hall–Kier alpha value is -1.43. The fourth-order valence-corrected chi connectivity index (χ4v) is 4.07. The van der Waals surface area contributed by atoms with Gasteiger partial charge in [-0.05, 0) is 12.8 Å². The third-order valence-electron chi connectivity index (χ3n) is 4.00. The van der Waals surface area contributed by atoms with Gasteiger partial charge in [-0.2, -0.15) is 0 Å². The van der Waals surface area contributed by atoms with Crippen LogP contribution in [0.5, 0.6) is 0 Å². The molecule has 1 N–H and O–H groups in total. The molecule has 108 valence electrons. The number of imidazole rings is 1. The van der Waals surface area contributed by atoms with Crippen molar-refractivity contribution in [3.63, 3.8) is 0 Å². The minimum atomic E-state index is -1.48. The second kappa shape index (κ2) is 5.16. The predicted octanol–water partition coefficient (Wildman–Crippen LogP) is 3.25. The van der Waals surface area contributed by atoms with Crippen LogP contribution in [-0.2, 0) is 0 Å². The number of anilines is 1. The van der Waals surface area contributed by atoms with Crippen molar-refractivity contribution in [2.75, 3.05) is 5.32 Å². The van der Waals surface area contributed by atoms with E-state index in [1.807, 2.05) is 6.33 Å². The van der Waals surface area contributed by atoms with E-state index in [-0.39, 0.29) is 0 Å². The van der Waals surface area contributed by atoms with Crippen LogP contribution in [0, 0.1) is 0 Å². The molecular formula is C14H23N5Si. The Bertz CT molecular complexity index is 595. The van der Waals surface area contributed by atoms with Gasteiger partial charge in [0.15, 0.2) is 19.7 Å². The third-order valence-corrected chi connectivity index (χ3v) is 5.77. The zero-order valence-electron chi connectivity index (χ0n) is 12.6. The minimum Gasteiger partial charge on any atom is -0.365 e. The first-order chi connectivity index (χ1) is 9.55. The number of hydrogen-bond acceptors (Lipinski definition) is 4. The van der Waals surface area contributed by atoms with E-state index in [1.54, 1.807) is 6.33 Å². The normalized spacial score (nSPS) is 17.6. The highest BCUT2D eigenvalue weighted by Crippen LogP contribution is 2.25. The standard InChI is InChI=1S/C14H23N5Si/c1-20(2,3)19-10-17-12-13(15-9-16-14(12)19)18-11-7-5-4-6-8-11/h9-11H,4-8H2,1-3H3,(H,15,16,18). The largest absolute Gasteiger partial charge is 0.365 e. The molecule has 0 amide bonds. The summed E-state index contributed by atoms with van der Waals surface area (Å²) >= 11 is 0. The van der Waals surface area contributed by atoms with Gasteiger partial charge in [0.25, 0.3) is 0 Å². The zero-order valence-corrected chi connectivity index (χ0v) is 13.6. The summed E-state index contributed by atoms with van der Waals surface area (Å²) in [4.78, 5) is 13.4. The smallest absolute Gasteiger partial charge is 0.157 e. The molecule has 0 bridgehead atoms. The van der Waals surface area contributed by atoms with E-state index >= 15 is 0 Å². The van der Waals surface area contributed by atoms with Crippen molar-refractivity contribution in [2.45, 2.75) is 57.8 Å². The average Bonchev–Trinajstić information content (AvgIpc) is 2.85. The lowest BCUT2D eigenvalue weighted by atomic mass is 9.95. The molecule has 0 spiro atoms. The van der Waals surface area contributed by atoms with Gasteiger partial charge in [-0.3, -0.25) is 0 Å². The van der Waals surface area contributed by atoms with Crippen LogP contribution in [0.15, 0.2) is 12.7 Å². The van der Waals surface area contributed by atoms with Crippen molar-refractivity contribution in [3.05, 3.63) is 12.7 Å². The number of nitrogens with zero attached hydrogens (tertiary/aromatic N) is 4. The van der Waals surface area contributed by atoms with Crippen LogP contribution in [0.3, 0.4) is 0 Å². The van der Waals surface area contributed by atoms with E-state index in [2.05, 4.69) is 44.1 Å². The Morgan fingerprint density at radius 1 is 1.10 bits per heavy atom. The Kier molecular flexibility index (Phi) is 3.49. The fourth-order valence-electron chi connectivity index (χ4n) is 2.87. The molecule has 0 unspecified atom stereocenters. The Labute approximate surface area is 120 Å². The summed E-state index contributed by atoms with van der Waals surface area (Å²) in [6.07, 6.45) is 10.1. The lowest BCUT2D eigenvalue weighted by molar-refractivity contribution is 0.462. The molecule has 1 saturated carbocycles. The molecule has 0 atom stereocenters. The summed E-state index contributed by atoms with van der Waals surface area (Å²) in [6, 6.07) is 0.541. The molecule has 0 aromatic carbocycles. The van der Waals surface area contributed by atoms with Gasteiger partial charge in [-0.1, -0.05) is 38.9 Å². The second-order valence-corrected chi connectivity index (χ2v) is 11.5. The minimum absolute atomic E-state index is 0.541. The van der Waals surface area contributed by atoms with E-state index < -0.39 is 8.24 Å². The summed E-state index contributed by atoms with van der Waals surface area (Å²) in [5.74, 6) is 0.902. The lowest BCUT2D eigenvalue weighted by Gasteiger charge is -2.23. The molecule has 0 aliphatic heterocycles. The van der Waals surface area contributed by atoms with Crippen LogP contribution in [-0.4, -0.2) is 33.5 Å². The monoisotopic (exact) mass is 289 g/mol. The van der Waals surface area contributed by atoms with Crippen molar-refractivity contribution < 1.29 is 0 Å². The highest BCUT2D eigenvalue weighted by atomic mass is 28.3. The predicted molar refractivity (Wildman–Crippen MR) is 84.6 cm³/mol. The van der Waals surface area contributed by atoms with Crippen LogP contribution >= 0.6 is 0 Å². The molecule has 1 aliphatic carbocycles. The molecule has 2 heterocycles. The number of rotatable bonds is 3. The van der Waals surface area contributed by atoms with Crippen molar-refractivity contribution in [2.24, 2.45) is 0 Å². The molecule has 3 rings (SSSR count). The fraction of sp³-hybridized carbons (Fsp3) is 0.643. The molecular weight excluding hydrogens is 266 g/mol. The van der Waals surface area contributed by atoms with Crippen molar-refractivity contribution in [3.8, 4) is 0 Å². The first-order valence-electron chi connectivity index (χ1n) is 7.51. The van der Waals surface area contributed by atoms with Gasteiger partial charge in [0.1, 0.15) is 11.8 Å². The van der Waals surface area contributed by atoms with Crippen LogP contribution in [0.1, 0.15) is 32.1 Å². The molecule has 2 aromatic rings. The van der Waals surface area contributed by atoms with Gasteiger partial charge in [0.2, 0.25) is 0 Å². The first-order valence-corrected chi connectivity index (χ1v) is 11.0. The maximum absolute atomic E-state index is 4.56. The van der Waals surface area contributed by atoms with E-state index in [9.17, 15) is 0 Å². The molecule has 6 heteroatoms. The van der Waals surface area contributed by atoms with Crippen LogP contribution in [0.4, 0.5) is 5.82 Å². The van der Waals surface area contributed by atoms with Crippen LogP contribution < -0.4 is 5.32 Å². The molecule has 20 heavy (non-hydrogen) atoms. The van der Waals surface area contributed by atoms with E-state index in [0.29, 0.717) is 6.04 Å². The van der Waals surface area contributed by atoms with E-state index in [1.165, 1.54) is 32.1 Å². The lowest BCUT2D eigenvalue weighted by Crippen LogP contribution is -2.31. The van der Waals surface area contributed by atoms with Crippen LogP contribution in [0.2, 0.25) is 19.6 Å². The summed E-state index contributed by atoms with van der Waals surface area (Å²) in [5.41, 5.74) is 1.89. The average molecular weight is 289 g/mol. The van der Waals surface area contributed by atoms with Gasteiger partial charge >= 0.3 is 0 Å². The molecule has 1 aliphatic rings. The Morgan fingerprint density at radius 2 is 1.85 bits per heavy atom. The third kappa shape index (κ3) is 2.56. The molecule has 5 nitrogen and oxygen atoms in total. The topological polar surface area (TPSA) is 55.6 Å². The van der Waals surface area contributed by atoms with Gasteiger partial charge < -0.3 is 9.55 Å². The van der Waals surface area contributed by atoms with Crippen LogP contribution in [0.25, 0.3) is 11.2 Å².